The van der Waals surface area contributed by atoms with E-state index in [2.05, 4.69) is 42.9 Å². The molecule has 0 amide bonds. The van der Waals surface area contributed by atoms with E-state index in [4.69, 9.17) is 16.3 Å². The van der Waals surface area contributed by atoms with Crippen LogP contribution in [0, 0.1) is 0 Å². The number of nitrogens with one attached hydrogen (secondary N) is 1. The quantitative estimate of drug-likeness (QED) is 0.906. The Morgan fingerprint density at radius 1 is 1.52 bits per heavy atom. The van der Waals surface area contributed by atoms with Crippen molar-refractivity contribution in [2.75, 3.05) is 18.1 Å². The molecule has 1 aromatic rings. The molecule has 2 rings (SSSR count). The van der Waals surface area contributed by atoms with Crippen molar-refractivity contribution in [2.24, 2.45) is 0 Å². The zero-order chi connectivity index (χ0) is 15.4. The van der Waals surface area contributed by atoms with Gasteiger partial charge in [0.05, 0.1) is 23.8 Å². The molecule has 0 saturated carbocycles. The molecule has 0 bridgehead atoms. The van der Waals surface area contributed by atoms with E-state index < -0.39 is 0 Å². The van der Waals surface area contributed by atoms with E-state index in [0.29, 0.717) is 12.1 Å². The van der Waals surface area contributed by atoms with Crippen LogP contribution in [0.25, 0.3) is 0 Å². The first-order valence-electron chi connectivity index (χ1n) is 7.77. The predicted molar refractivity (Wildman–Crippen MR) is 88.1 cm³/mol. The van der Waals surface area contributed by atoms with Gasteiger partial charge in [-0.05, 0) is 25.0 Å². The average Bonchev–Trinajstić information content (AvgIpc) is 2.45. The molecule has 4 nitrogen and oxygen atoms in total. The molecule has 118 valence electrons. The number of halogens is 1. The molecule has 1 aliphatic heterocycles. The van der Waals surface area contributed by atoms with Crippen LogP contribution in [0.4, 0.5) is 5.82 Å². The van der Waals surface area contributed by atoms with Crippen molar-refractivity contribution < 1.29 is 4.74 Å². The number of nitrogens with zero attached hydrogens (tertiary/aromatic N) is 2. The molecule has 0 aliphatic carbocycles. The molecule has 5 heteroatoms. The lowest BCUT2D eigenvalue weighted by Gasteiger charge is -2.39. The number of pyridine rings is 1. The molecular weight excluding hydrogens is 286 g/mol. The Morgan fingerprint density at radius 2 is 2.29 bits per heavy atom. The first kappa shape index (κ1) is 16.5. The zero-order valence-electron chi connectivity index (χ0n) is 13.4. The minimum absolute atomic E-state index is 0.216. The van der Waals surface area contributed by atoms with Gasteiger partial charge in [0.15, 0.2) is 0 Å². The Labute approximate surface area is 132 Å². The fourth-order valence-electron chi connectivity index (χ4n) is 2.54. The highest BCUT2D eigenvalue weighted by atomic mass is 35.5. The Morgan fingerprint density at radius 3 is 2.90 bits per heavy atom. The molecule has 0 aromatic carbocycles. The monoisotopic (exact) mass is 311 g/mol. The maximum absolute atomic E-state index is 6.48. The van der Waals surface area contributed by atoms with Gasteiger partial charge >= 0.3 is 0 Å². The fourth-order valence-corrected chi connectivity index (χ4v) is 2.84. The fraction of sp³-hybridized carbons (Fsp3) is 0.688. The SMILES string of the molecule is CCC1COC(C)CN1c1ncc(CNC(C)C)cc1Cl. The van der Waals surface area contributed by atoms with Gasteiger partial charge in [0.1, 0.15) is 5.82 Å². The second-order valence-electron chi connectivity index (χ2n) is 6.04. The highest BCUT2D eigenvalue weighted by Gasteiger charge is 2.28. The minimum Gasteiger partial charge on any atom is -0.375 e. The molecule has 2 atom stereocenters. The molecule has 0 radical (unpaired) electrons. The lowest BCUT2D eigenvalue weighted by Crippen LogP contribution is -2.49. The molecule has 1 saturated heterocycles. The van der Waals surface area contributed by atoms with Crippen LogP contribution in [0.1, 0.15) is 39.7 Å². The number of aromatic nitrogens is 1. The molecule has 0 spiro atoms. The summed E-state index contributed by atoms with van der Waals surface area (Å²) in [6.45, 7) is 10.9. The van der Waals surface area contributed by atoms with E-state index in [0.717, 1.165) is 42.5 Å². The Balaban J connectivity index is 2.15. The van der Waals surface area contributed by atoms with Crippen molar-refractivity contribution in [2.45, 2.75) is 58.8 Å². The Bertz CT molecular complexity index is 467. The smallest absolute Gasteiger partial charge is 0.147 e. The van der Waals surface area contributed by atoms with Crippen molar-refractivity contribution in [3.8, 4) is 0 Å². The minimum atomic E-state index is 0.216. The van der Waals surface area contributed by atoms with Gasteiger partial charge in [-0.3, -0.25) is 0 Å². The van der Waals surface area contributed by atoms with Crippen LogP contribution in [-0.2, 0) is 11.3 Å². The van der Waals surface area contributed by atoms with Gasteiger partial charge in [-0.25, -0.2) is 4.98 Å². The number of rotatable bonds is 5. The normalized spacial score (nSPS) is 22.9. The van der Waals surface area contributed by atoms with Gasteiger partial charge in [0.25, 0.3) is 0 Å². The number of hydrogen-bond donors (Lipinski definition) is 1. The van der Waals surface area contributed by atoms with Crippen LogP contribution in [0.15, 0.2) is 12.3 Å². The van der Waals surface area contributed by atoms with Crippen LogP contribution in [0.5, 0.6) is 0 Å². The summed E-state index contributed by atoms with van der Waals surface area (Å²) in [7, 11) is 0. The van der Waals surface area contributed by atoms with Crippen LogP contribution >= 0.6 is 11.6 Å². The predicted octanol–water partition coefficient (Wildman–Crippen LogP) is 3.24. The number of anilines is 1. The topological polar surface area (TPSA) is 37.4 Å². The summed E-state index contributed by atoms with van der Waals surface area (Å²) in [6, 6.07) is 2.82. The van der Waals surface area contributed by atoms with Crippen LogP contribution in [0.2, 0.25) is 5.02 Å². The third kappa shape index (κ3) is 4.31. The number of morpholine rings is 1. The summed E-state index contributed by atoms with van der Waals surface area (Å²) >= 11 is 6.48. The van der Waals surface area contributed by atoms with Gasteiger partial charge in [-0.1, -0.05) is 32.4 Å². The van der Waals surface area contributed by atoms with E-state index in [1.54, 1.807) is 0 Å². The lowest BCUT2D eigenvalue weighted by atomic mass is 10.1. The summed E-state index contributed by atoms with van der Waals surface area (Å²) in [5.74, 6) is 0.881. The number of hydrogen-bond acceptors (Lipinski definition) is 4. The largest absolute Gasteiger partial charge is 0.375 e. The molecule has 1 N–H and O–H groups in total. The van der Waals surface area contributed by atoms with Gasteiger partial charge in [0.2, 0.25) is 0 Å². The van der Waals surface area contributed by atoms with Gasteiger partial charge in [-0.15, -0.1) is 0 Å². The van der Waals surface area contributed by atoms with E-state index >= 15 is 0 Å². The summed E-state index contributed by atoms with van der Waals surface area (Å²) in [5, 5.41) is 4.11. The molecule has 1 fully saturated rings. The highest BCUT2D eigenvalue weighted by Crippen LogP contribution is 2.29. The van der Waals surface area contributed by atoms with Crippen LogP contribution in [0.3, 0.4) is 0 Å². The lowest BCUT2D eigenvalue weighted by molar-refractivity contribution is 0.0296. The first-order valence-corrected chi connectivity index (χ1v) is 8.15. The third-order valence-electron chi connectivity index (χ3n) is 3.80. The van der Waals surface area contributed by atoms with Crippen molar-refractivity contribution in [1.82, 2.24) is 10.3 Å². The molecule has 21 heavy (non-hydrogen) atoms. The summed E-state index contributed by atoms with van der Waals surface area (Å²) < 4.78 is 5.74. The van der Waals surface area contributed by atoms with E-state index in [1.165, 1.54) is 0 Å². The zero-order valence-corrected chi connectivity index (χ0v) is 14.2. The molecule has 1 aromatic heterocycles. The van der Waals surface area contributed by atoms with Crippen molar-refractivity contribution in [3.63, 3.8) is 0 Å². The standard InChI is InChI=1S/C16H26ClN3O/c1-5-14-10-21-12(4)9-20(14)16-15(17)6-13(8-19-16)7-18-11(2)3/h6,8,11-12,14,18H,5,7,9-10H2,1-4H3. The van der Waals surface area contributed by atoms with Crippen molar-refractivity contribution in [3.05, 3.63) is 22.8 Å². The summed E-state index contributed by atoms with van der Waals surface area (Å²) in [4.78, 5) is 6.90. The van der Waals surface area contributed by atoms with Gasteiger partial charge in [0, 0.05) is 25.3 Å². The first-order chi connectivity index (χ1) is 10.0. The Kier molecular flexibility index (Phi) is 5.85. The number of ether oxygens (including phenoxy) is 1. The second-order valence-corrected chi connectivity index (χ2v) is 6.45. The van der Waals surface area contributed by atoms with Gasteiger partial charge < -0.3 is 15.0 Å². The molecule has 1 aliphatic rings. The maximum atomic E-state index is 6.48. The molecule has 2 unspecified atom stereocenters. The summed E-state index contributed by atoms with van der Waals surface area (Å²) in [5.41, 5.74) is 1.12. The second kappa shape index (κ2) is 7.43. The van der Waals surface area contributed by atoms with Gasteiger partial charge in [-0.2, -0.15) is 0 Å². The molecular formula is C16H26ClN3O. The van der Waals surface area contributed by atoms with Crippen molar-refractivity contribution >= 4 is 17.4 Å². The summed E-state index contributed by atoms with van der Waals surface area (Å²) in [6.07, 6.45) is 3.16. The van der Waals surface area contributed by atoms with Crippen molar-refractivity contribution in [1.29, 1.82) is 0 Å². The van der Waals surface area contributed by atoms with Crippen LogP contribution in [-0.4, -0.2) is 36.3 Å². The van der Waals surface area contributed by atoms with Crippen LogP contribution < -0.4 is 10.2 Å². The van der Waals surface area contributed by atoms with E-state index in [1.807, 2.05) is 12.3 Å². The third-order valence-corrected chi connectivity index (χ3v) is 4.08. The van der Waals surface area contributed by atoms with E-state index in [-0.39, 0.29) is 6.10 Å². The Hall–Kier alpha value is -0.840. The van der Waals surface area contributed by atoms with E-state index in [9.17, 15) is 0 Å². The molecule has 2 heterocycles. The maximum Gasteiger partial charge on any atom is 0.147 e. The highest BCUT2D eigenvalue weighted by molar-refractivity contribution is 6.33. The average molecular weight is 312 g/mol.